The number of carboxylic acid groups (broad SMARTS) is 1. The maximum absolute atomic E-state index is 10.5. The van der Waals surface area contributed by atoms with E-state index >= 15 is 0 Å². The van der Waals surface area contributed by atoms with Gasteiger partial charge in [0, 0.05) is 0 Å². The van der Waals surface area contributed by atoms with Crippen LogP contribution >= 0.6 is 0 Å². The van der Waals surface area contributed by atoms with Gasteiger partial charge in [-0.05, 0) is 20.8 Å². The van der Waals surface area contributed by atoms with Crippen molar-refractivity contribution in [2.24, 2.45) is 5.73 Å². The van der Waals surface area contributed by atoms with Gasteiger partial charge < -0.3 is 15.6 Å². The summed E-state index contributed by atoms with van der Waals surface area (Å²) in [7, 11) is 0. The quantitative estimate of drug-likeness (QED) is 0.578. The summed E-state index contributed by atoms with van der Waals surface area (Å²) in [5.41, 5.74) is 4.10. The van der Waals surface area contributed by atoms with E-state index in [1.165, 1.54) is 0 Å². The molecule has 0 aromatic heterocycles. The van der Waals surface area contributed by atoms with Crippen molar-refractivity contribution in [2.45, 2.75) is 32.5 Å². The summed E-state index contributed by atoms with van der Waals surface area (Å²) in [6.07, 6.45) is -1.56. The van der Waals surface area contributed by atoms with E-state index in [0.29, 0.717) is 0 Å². The fourth-order valence-corrected chi connectivity index (χ4v) is 0.584. The van der Waals surface area contributed by atoms with Crippen LogP contribution in [-0.2, 0) is 14.3 Å². The van der Waals surface area contributed by atoms with Gasteiger partial charge in [-0.3, -0.25) is 4.79 Å². The first-order chi connectivity index (χ1) is 5.24. The summed E-state index contributed by atoms with van der Waals surface area (Å²) in [6, 6.07) is 0. The average molecular weight is 175 g/mol. The van der Waals surface area contributed by atoms with E-state index < -0.39 is 23.6 Å². The number of hydrogen-bond donors (Lipinski definition) is 2. The molecule has 0 aromatic rings. The highest BCUT2D eigenvalue weighted by molar-refractivity contribution is 5.99. The van der Waals surface area contributed by atoms with Crippen molar-refractivity contribution in [3.05, 3.63) is 0 Å². The number of ether oxygens (including phenoxy) is 1. The molecular formula is C7H13NO4. The summed E-state index contributed by atoms with van der Waals surface area (Å²) in [4.78, 5) is 20.9. The van der Waals surface area contributed by atoms with Crippen molar-refractivity contribution >= 4 is 11.9 Å². The molecule has 5 heteroatoms. The van der Waals surface area contributed by atoms with Crippen molar-refractivity contribution < 1.29 is 19.4 Å². The van der Waals surface area contributed by atoms with Crippen LogP contribution in [0.15, 0.2) is 0 Å². The summed E-state index contributed by atoms with van der Waals surface area (Å²) < 4.78 is 4.89. The Morgan fingerprint density at radius 3 is 1.92 bits per heavy atom. The smallest absolute Gasteiger partial charge is 0.342 e. The van der Waals surface area contributed by atoms with Gasteiger partial charge >= 0.3 is 5.97 Å². The van der Waals surface area contributed by atoms with Gasteiger partial charge in [0.05, 0.1) is 5.60 Å². The standard InChI is InChI=1S/C7H13NO4/c1-7(2,3)12-4(5(8)9)6(10)11/h4H,1-3H3,(H2,8,9)(H,10,11). The van der Waals surface area contributed by atoms with Crippen LogP contribution in [0.25, 0.3) is 0 Å². The molecule has 0 spiro atoms. The fraction of sp³-hybridized carbons (Fsp3) is 0.714. The van der Waals surface area contributed by atoms with Crippen molar-refractivity contribution in [1.82, 2.24) is 0 Å². The van der Waals surface area contributed by atoms with Gasteiger partial charge in [-0.1, -0.05) is 0 Å². The van der Waals surface area contributed by atoms with Crippen LogP contribution in [-0.4, -0.2) is 28.7 Å². The minimum atomic E-state index is -1.56. The summed E-state index contributed by atoms with van der Waals surface area (Å²) in [6.45, 7) is 4.93. The van der Waals surface area contributed by atoms with Crippen molar-refractivity contribution in [3.8, 4) is 0 Å². The van der Waals surface area contributed by atoms with Gasteiger partial charge in [0.2, 0.25) is 6.10 Å². The predicted molar refractivity (Wildman–Crippen MR) is 41.5 cm³/mol. The topological polar surface area (TPSA) is 89.6 Å². The van der Waals surface area contributed by atoms with E-state index in [-0.39, 0.29) is 0 Å². The Labute approximate surface area is 70.5 Å². The molecule has 0 heterocycles. The molecule has 70 valence electrons. The van der Waals surface area contributed by atoms with Crippen LogP contribution < -0.4 is 5.73 Å². The molecule has 0 radical (unpaired) electrons. The average Bonchev–Trinajstić information content (AvgIpc) is 1.79. The number of nitrogens with two attached hydrogens (primary N) is 1. The van der Waals surface area contributed by atoms with Crippen LogP contribution in [0.2, 0.25) is 0 Å². The van der Waals surface area contributed by atoms with Gasteiger partial charge in [0.1, 0.15) is 0 Å². The normalized spacial score (nSPS) is 13.9. The van der Waals surface area contributed by atoms with Crippen molar-refractivity contribution in [1.29, 1.82) is 0 Å². The molecule has 0 aliphatic heterocycles. The second-order valence-electron chi connectivity index (χ2n) is 3.35. The Balaban J connectivity index is 4.35. The second kappa shape index (κ2) is 3.53. The lowest BCUT2D eigenvalue weighted by atomic mass is 10.2. The lowest BCUT2D eigenvalue weighted by Gasteiger charge is -2.22. The van der Waals surface area contributed by atoms with Gasteiger partial charge in [0.15, 0.2) is 0 Å². The minimum Gasteiger partial charge on any atom is -0.479 e. The highest BCUT2D eigenvalue weighted by Gasteiger charge is 2.29. The number of carboxylic acids is 1. The monoisotopic (exact) mass is 175 g/mol. The maximum atomic E-state index is 10.5. The van der Waals surface area contributed by atoms with Crippen molar-refractivity contribution in [2.75, 3.05) is 0 Å². The highest BCUT2D eigenvalue weighted by atomic mass is 16.5. The number of primary amides is 1. The molecule has 5 nitrogen and oxygen atoms in total. The van der Waals surface area contributed by atoms with Crippen LogP contribution in [0.1, 0.15) is 20.8 Å². The lowest BCUT2D eigenvalue weighted by Crippen LogP contribution is -2.42. The molecule has 0 aliphatic carbocycles. The molecule has 1 unspecified atom stereocenters. The molecule has 1 amide bonds. The Hall–Kier alpha value is -1.10. The molecule has 0 bridgehead atoms. The van der Waals surface area contributed by atoms with E-state index in [1.54, 1.807) is 20.8 Å². The molecule has 0 aliphatic rings. The van der Waals surface area contributed by atoms with Crippen molar-refractivity contribution in [3.63, 3.8) is 0 Å². The molecule has 12 heavy (non-hydrogen) atoms. The molecule has 3 N–H and O–H groups in total. The largest absolute Gasteiger partial charge is 0.479 e. The fourth-order valence-electron chi connectivity index (χ4n) is 0.584. The van der Waals surface area contributed by atoms with Crippen LogP contribution in [0, 0.1) is 0 Å². The lowest BCUT2D eigenvalue weighted by molar-refractivity contribution is -0.165. The molecular weight excluding hydrogens is 162 g/mol. The Bertz CT molecular complexity index is 180. The number of amides is 1. The van der Waals surface area contributed by atoms with Gasteiger partial charge in [-0.15, -0.1) is 0 Å². The highest BCUT2D eigenvalue weighted by Crippen LogP contribution is 2.10. The zero-order chi connectivity index (χ0) is 9.94. The number of aliphatic carboxylic acids is 1. The SMILES string of the molecule is CC(C)(C)OC(C(N)=O)C(=O)O. The third-order valence-corrected chi connectivity index (χ3v) is 0.954. The Kier molecular flexibility index (Phi) is 3.21. The number of rotatable bonds is 3. The second-order valence-corrected chi connectivity index (χ2v) is 3.35. The van der Waals surface area contributed by atoms with Gasteiger partial charge in [-0.25, -0.2) is 4.79 Å². The number of carbonyl (C=O) groups excluding carboxylic acids is 1. The van der Waals surface area contributed by atoms with E-state index in [9.17, 15) is 9.59 Å². The predicted octanol–water partition coefficient (Wildman–Crippen LogP) is -0.260. The minimum absolute atomic E-state index is 0.696. The number of hydrogen-bond acceptors (Lipinski definition) is 3. The molecule has 0 aromatic carbocycles. The van der Waals surface area contributed by atoms with Gasteiger partial charge in [0.25, 0.3) is 5.91 Å². The summed E-state index contributed by atoms with van der Waals surface area (Å²) in [5.74, 6) is -2.35. The molecule has 0 rings (SSSR count). The Morgan fingerprint density at radius 1 is 1.42 bits per heavy atom. The van der Waals surface area contributed by atoms with Gasteiger partial charge in [-0.2, -0.15) is 0 Å². The van der Waals surface area contributed by atoms with E-state index in [2.05, 4.69) is 0 Å². The first-order valence-electron chi connectivity index (χ1n) is 3.44. The van der Waals surface area contributed by atoms with E-state index in [0.717, 1.165) is 0 Å². The number of carbonyl (C=O) groups is 2. The summed E-state index contributed by atoms with van der Waals surface area (Å²) in [5, 5.41) is 8.48. The Morgan fingerprint density at radius 2 is 1.83 bits per heavy atom. The van der Waals surface area contributed by atoms with E-state index in [4.69, 9.17) is 15.6 Å². The molecule has 0 saturated carbocycles. The first kappa shape index (κ1) is 10.9. The zero-order valence-corrected chi connectivity index (χ0v) is 7.33. The third-order valence-electron chi connectivity index (χ3n) is 0.954. The molecule has 0 fully saturated rings. The summed E-state index contributed by atoms with van der Waals surface area (Å²) >= 11 is 0. The maximum Gasteiger partial charge on any atom is 0.342 e. The van der Waals surface area contributed by atoms with Crippen LogP contribution in [0.4, 0.5) is 0 Å². The van der Waals surface area contributed by atoms with Crippen LogP contribution in [0.3, 0.4) is 0 Å². The van der Waals surface area contributed by atoms with Crippen LogP contribution in [0.5, 0.6) is 0 Å². The first-order valence-corrected chi connectivity index (χ1v) is 3.44. The van der Waals surface area contributed by atoms with E-state index in [1.807, 2.05) is 0 Å². The molecule has 1 atom stereocenters. The molecule has 0 saturated heterocycles. The third kappa shape index (κ3) is 3.92. The zero-order valence-electron chi connectivity index (χ0n) is 7.33.